The molecular weight excluding hydrogens is 1390 g/mol. The first-order valence-corrected chi connectivity index (χ1v) is 33.6. The molecule has 0 saturated carbocycles. The summed E-state index contributed by atoms with van der Waals surface area (Å²) in [6.07, 6.45) is 12.4. The van der Waals surface area contributed by atoms with Crippen molar-refractivity contribution >= 4 is 89.8 Å². The number of fused-ring (bicyclic) bond motifs is 4. The first-order valence-electron chi connectivity index (χ1n) is 32.8. The maximum atomic E-state index is 15.6. The van der Waals surface area contributed by atoms with Crippen LogP contribution in [0.15, 0.2) is 161 Å². The number of esters is 2. The fraction of sp³-hybridized carbons (Fsp3) is 0.270. The first-order chi connectivity index (χ1) is 49.3. The second-order valence-electron chi connectivity index (χ2n) is 26.3. The topological polar surface area (TPSA) is 306 Å². The molecule has 10 heterocycles. The summed E-state index contributed by atoms with van der Waals surface area (Å²) in [5.41, 5.74) is 12.1. The molecule has 0 atom stereocenters. The highest BCUT2D eigenvalue weighted by Gasteiger charge is 2.26. The van der Waals surface area contributed by atoms with Crippen LogP contribution in [0.3, 0.4) is 0 Å². The smallest absolute Gasteiger partial charge is 0.302 e. The number of nitrogens with zero attached hydrogens (tertiary/aromatic N) is 14. The van der Waals surface area contributed by atoms with Crippen LogP contribution in [0.1, 0.15) is 98.4 Å². The molecule has 29 heteroatoms. The minimum absolute atomic E-state index is 0.00852. The third kappa shape index (κ3) is 15.7. The summed E-state index contributed by atoms with van der Waals surface area (Å²) < 4.78 is 58.4. The van der Waals surface area contributed by atoms with E-state index in [4.69, 9.17) is 24.7 Å². The lowest BCUT2D eigenvalue weighted by atomic mass is 9.86. The van der Waals surface area contributed by atoms with E-state index in [0.717, 1.165) is 26.1 Å². The summed E-state index contributed by atoms with van der Waals surface area (Å²) in [5.74, 6) is -1.49. The van der Waals surface area contributed by atoms with Gasteiger partial charge >= 0.3 is 11.9 Å². The molecule has 3 N–H and O–H groups in total. The van der Waals surface area contributed by atoms with E-state index in [0.29, 0.717) is 147 Å². The van der Waals surface area contributed by atoms with Gasteiger partial charge in [0, 0.05) is 97.8 Å². The van der Waals surface area contributed by atoms with E-state index in [1.807, 2.05) is 65.8 Å². The molecule has 8 aromatic heterocycles. The Morgan fingerprint density at radius 1 is 0.563 bits per heavy atom. The maximum absolute atomic E-state index is 15.6. The van der Waals surface area contributed by atoms with Gasteiger partial charge in [0.25, 0.3) is 22.9 Å². The summed E-state index contributed by atoms with van der Waals surface area (Å²) in [4.78, 5) is 96.5. The number of nitrogen functional groups attached to an aromatic ring is 1. The average molecular weight is 1460 g/mol. The molecule has 12 aromatic rings. The minimum Gasteiger partial charge on any atom is -0.461 e. The van der Waals surface area contributed by atoms with Gasteiger partial charge in [-0.3, -0.25) is 28.8 Å². The van der Waals surface area contributed by atoms with Crippen LogP contribution in [-0.4, -0.2) is 145 Å². The van der Waals surface area contributed by atoms with E-state index in [1.54, 1.807) is 91.9 Å². The van der Waals surface area contributed by atoms with Gasteiger partial charge in [0.15, 0.2) is 11.3 Å². The highest BCUT2D eigenvalue weighted by molar-refractivity contribution is 9.10. The van der Waals surface area contributed by atoms with Crippen LogP contribution in [0.4, 0.5) is 26.1 Å². The van der Waals surface area contributed by atoms with E-state index >= 15 is 8.78 Å². The van der Waals surface area contributed by atoms with Crippen LogP contribution < -0.4 is 22.2 Å². The molecule has 26 nitrogen and oxygen atoms in total. The molecule has 2 aliphatic rings. The van der Waals surface area contributed by atoms with Crippen molar-refractivity contribution < 1.29 is 46.9 Å². The first kappa shape index (κ1) is 71.3. The lowest BCUT2D eigenvalue weighted by Crippen LogP contribution is -2.40. The molecule has 0 radical (unpaired) electrons. The van der Waals surface area contributed by atoms with Crippen molar-refractivity contribution in [3.05, 3.63) is 217 Å². The number of ether oxygens (including phenoxy) is 4. The van der Waals surface area contributed by atoms with Gasteiger partial charge in [0.2, 0.25) is 0 Å². The maximum Gasteiger partial charge on any atom is 0.302 e. The van der Waals surface area contributed by atoms with Gasteiger partial charge in [-0.15, -0.1) is 0 Å². The van der Waals surface area contributed by atoms with E-state index in [1.165, 1.54) is 63.4 Å². The Kier molecular flexibility index (Phi) is 20.7. The average Bonchev–Trinajstić information content (AvgIpc) is 1.00. The Morgan fingerprint density at radius 2 is 1.02 bits per heavy atom. The van der Waals surface area contributed by atoms with Gasteiger partial charge in [-0.2, -0.15) is 29.8 Å². The number of hydrogen-bond acceptors (Lipinski definition) is 20. The molecule has 2 fully saturated rings. The van der Waals surface area contributed by atoms with Crippen molar-refractivity contribution in [2.45, 2.75) is 79.4 Å². The third-order valence-corrected chi connectivity index (χ3v) is 17.8. The van der Waals surface area contributed by atoms with Crippen molar-refractivity contribution in [3.63, 3.8) is 0 Å². The lowest BCUT2D eigenvalue weighted by molar-refractivity contribution is -0.143. The van der Waals surface area contributed by atoms with Gasteiger partial charge in [-0.05, 0) is 122 Å². The number of rotatable bonds is 12. The van der Waals surface area contributed by atoms with Gasteiger partial charge in [-0.25, -0.2) is 37.7 Å². The SMILES string of the molecule is CC(=O)OCc1c(-c2cc(Br)c3ncnn3c2)cccc1-n1ncc2cc(C(C)(C)C)cc(F)c2c1=O.CC(=O)OCc1c(-c2cc(Nc3ccc(C(=O)N4CCOCC4)cn3)c3ncnn3c2)cccc1-n1ncc2cc(C(C)(C)C)cc(F)c2c1=O.Nc1ccc(C(=O)N2CCOCC2)cn1. The quantitative estimate of drug-likeness (QED) is 0.107. The number of nitrogens with one attached hydrogen (secondary N) is 1. The van der Waals surface area contributed by atoms with Gasteiger partial charge in [0.1, 0.15) is 49.1 Å². The fourth-order valence-corrected chi connectivity index (χ4v) is 12.3. The summed E-state index contributed by atoms with van der Waals surface area (Å²) in [6, 6.07) is 27.3. The standard InChI is InChI=1S/C37H35FN8O5.C27H23BrFN5O3.C10H13N3O2/c1-22(47)51-20-28-27(6-5-7-31(28)46-36(49)33-24(18-41-46)14-26(16-29(33)38)37(2,3)4)25-15-30(34-40-21-42-45(34)19-25)43-32-9-8-23(17-39-32)35(48)44-10-12-50-13-11-44;1-15(35)37-13-20-19(17-9-21(28)25-30-14-32-33(25)12-17)6-5-7-23(20)34-26(36)24-16(11-31-34)8-18(10-22(24)29)27(2,3)4;11-9-2-1-8(7-12-9)10(14)13-3-5-15-6-4-13/h5-9,14-19,21H,10-13,20H2,1-4H3,(H,39,43);5-12,14H,13H2,1-4H3;1-2,7H,3-6H2,(H2,11,12). The van der Waals surface area contributed by atoms with E-state index in [-0.39, 0.29) is 46.6 Å². The molecule has 0 bridgehead atoms. The monoisotopic (exact) mass is 1460 g/mol. The molecule has 0 unspecified atom stereocenters. The molecular formula is C74H71BrF2N16O10. The number of halogens is 3. The number of carbonyl (C=O) groups is 4. The second-order valence-corrected chi connectivity index (χ2v) is 27.2. The number of amides is 2. The summed E-state index contributed by atoms with van der Waals surface area (Å²) >= 11 is 3.52. The largest absolute Gasteiger partial charge is 0.461 e. The Bertz CT molecular complexity index is 5370. The van der Waals surface area contributed by atoms with Crippen LogP contribution in [0.5, 0.6) is 0 Å². The van der Waals surface area contributed by atoms with Crippen LogP contribution in [0, 0.1) is 11.6 Å². The Morgan fingerprint density at radius 3 is 1.47 bits per heavy atom. The molecule has 4 aromatic carbocycles. The number of anilines is 3. The van der Waals surface area contributed by atoms with Crippen molar-refractivity contribution in [1.29, 1.82) is 0 Å². The molecule has 2 aliphatic heterocycles. The number of aromatic nitrogens is 12. The zero-order chi connectivity index (χ0) is 73.0. The predicted octanol–water partition coefficient (Wildman–Crippen LogP) is 10.7. The number of nitrogens with two attached hydrogens (primary N) is 1. The van der Waals surface area contributed by atoms with E-state index in [2.05, 4.69) is 61.6 Å². The van der Waals surface area contributed by atoms with Crippen LogP contribution >= 0.6 is 15.9 Å². The highest BCUT2D eigenvalue weighted by Crippen LogP contribution is 2.36. The zero-order valence-electron chi connectivity index (χ0n) is 57.5. The summed E-state index contributed by atoms with van der Waals surface area (Å²) in [6.45, 7) is 18.7. The van der Waals surface area contributed by atoms with E-state index < -0.39 is 34.7 Å². The summed E-state index contributed by atoms with van der Waals surface area (Å²) in [5, 5.41) is 21.3. The predicted molar refractivity (Wildman–Crippen MR) is 384 cm³/mol. The Hall–Kier alpha value is -11.6. The molecule has 0 aliphatic carbocycles. The minimum atomic E-state index is -0.651. The highest BCUT2D eigenvalue weighted by atomic mass is 79.9. The summed E-state index contributed by atoms with van der Waals surface area (Å²) in [7, 11) is 0. The Labute approximate surface area is 596 Å². The number of pyridine rings is 4. The molecule has 0 spiro atoms. The second kappa shape index (κ2) is 29.9. The van der Waals surface area contributed by atoms with Crippen molar-refractivity contribution in [2.75, 3.05) is 63.7 Å². The molecule has 2 saturated heterocycles. The van der Waals surface area contributed by atoms with Crippen LogP contribution in [0.25, 0.3) is 66.5 Å². The zero-order valence-corrected chi connectivity index (χ0v) is 59.1. The van der Waals surface area contributed by atoms with Crippen molar-refractivity contribution in [1.82, 2.24) is 68.5 Å². The normalized spacial score (nSPS) is 13.3. The third-order valence-electron chi connectivity index (χ3n) is 17.2. The number of benzene rings is 4. The van der Waals surface area contributed by atoms with Gasteiger partial charge < -0.3 is 39.8 Å². The van der Waals surface area contributed by atoms with Crippen molar-refractivity contribution in [2.24, 2.45) is 0 Å². The molecule has 14 rings (SSSR count). The number of morpholine rings is 2. The van der Waals surface area contributed by atoms with Crippen LogP contribution in [-0.2, 0) is 52.6 Å². The van der Waals surface area contributed by atoms with Crippen LogP contribution in [0.2, 0.25) is 0 Å². The van der Waals surface area contributed by atoms with Gasteiger partial charge in [0.05, 0.1) is 82.3 Å². The number of carbonyl (C=O) groups excluding carboxylic acids is 4. The van der Waals surface area contributed by atoms with E-state index in [9.17, 15) is 28.8 Å². The molecule has 103 heavy (non-hydrogen) atoms. The molecule has 2 amide bonds. The lowest BCUT2D eigenvalue weighted by Gasteiger charge is -2.26. The molecule has 528 valence electrons. The number of hydrogen-bond donors (Lipinski definition) is 2. The van der Waals surface area contributed by atoms with Gasteiger partial charge in [-0.1, -0.05) is 65.8 Å². The fourth-order valence-electron chi connectivity index (χ4n) is 11.8. The van der Waals surface area contributed by atoms with Crippen molar-refractivity contribution in [3.8, 4) is 33.6 Å². The Balaban J connectivity index is 0.000000167.